The maximum absolute atomic E-state index is 13.6. The highest BCUT2D eigenvalue weighted by Crippen LogP contribution is 2.37. The smallest absolute Gasteiger partial charge is 0.267 e. The van der Waals surface area contributed by atoms with Gasteiger partial charge in [-0.3, -0.25) is 18.9 Å². The van der Waals surface area contributed by atoms with Crippen molar-refractivity contribution in [1.29, 1.82) is 0 Å². The molecule has 3 aliphatic rings. The number of sulfone groups is 1. The van der Waals surface area contributed by atoms with Gasteiger partial charge in [0.2, 0.25) is 0 Å². The first-order chi connectivity index (χ1) is 16.1. The van der Waals surface area contributed by atoms with E-state index in [9.17, 15) is 18.0 Å². The number of fused-ring (bicyclic) bond motifs is 1. The van der Waals surface area contributed by atoms with Gasteiger partial charge < -0.3 is 4.90 Å². The zero-order valence-corrected chi connectivity index (χ0v) is 21.5. The Hall–Kier alpha value is -2.24. The van der Waals surface area contributed by atoms with Crippen LogP contribution in [0, 0.1) is 12.8 Å². The molecule has 11 heteroatoms. The number of pyridine rings is 1. The van der Waals surface area contributed by atoms with Crippen molar-refractivity contribution < 1.29 is 13.2 Å². The molecule has 2 unspecified atom stereocenters. The van der Waals surface area contributed by atoms with Gasteiger partial charge >= 0.3 is 0 Å². The molecule has 2 atom stereocenters. The molecule has 0 saturated carbocycles. The molecule has 0 spiro atoms. The Morgan fingerprint density at radius 3 is 2.74 bits per heavy atom. The van der Waals surface area contributed by atoms with E-state index in [1.54, 1.807) is 12.3 Å². The number of thioether (sulfide) groups is 1. The van der Waals surface area contributed by atoms with Crippen LogP contribution in [-0.4, -0.2) is 63.6 Å². The summed E-state index contributed by atoms with van der Waals surface area (Å²) in [5, 5.41) is 0. The number of aryl methyl sites for hydroxylation is 1. The highest BCUT2D eigenvalue weighted by atomic mass is 32.2. The van der Waals surface area contributed by atoms with Gasteiger partial charge in [-0.2, -0.15) is 0 Å². The molecule has 0 bridgehead atoms. The lowest BCUT2D eigenvalue weighted by molar-refractivity contribution is -0.123. The van der Waals surface area contributed by atoms with E-state index < -0.39 is 15.9 Å². The van der Waals surface area contributed by atoms with E-state index >= 15 is 0 Å². The molecular formula is C23H26N4O4S3. The number of aromatic nitrogens is 2. The predicted octanol–water partition coefficient (Wildman–Crippen LogP) is 2.63. The highest BCUT2D eigenvalue weighted by Gasteiger charge is 2.42. The topological polar surface area (TPSA) is 92.1 Å². The molecule has 3 aliphatic heterocycles. The van der Waals surface area contributed by atoms with Crippen molar-refractivity contribution >= 4 is 61.6 Å². The number of rotatable bonds is 3. The van der Waals surface area contributed by atoms with E-state index in [1.165, 1.54) is 9.30 Å². The molecule has 2 aromatic heterocycles. The number of thiocarbonyl (C=S) groups is 1. The van der Waals surface area contributed by atoms with Crippen LogP contribution in [0.25, 0.3) is 11.7 Å². The maximum atomic E-state index is 13.6. The molecule has 0 aliphatic carbocycles. The molecule has 34 heavy (non-hydrogen) atoms. The van der Waals surface area contributed by atoms with Crippen LogP contribution in [0.3, 0.4) is 0 Å². The fourth-order valence-corrected chi connectivity index (χ4v) is 7.98. The first kappa shape index (κ1) is 23.5. The summed E-state index contributed by atoms with van der Waals surface area (Å²) >= 11 is 6.56. The van der Waals surface area contributed by atoms with Crippen molar-refractivity contribution in [1.82, 2.24) is 14.3 Å². The predicted molar refractivity (Wildman–Crippen MR) is 139 cm³/mol. The van der Waals surface area contributed by atoms with Crippen LogP contribution in [-0.2, 0) is 14.6 Å². The average molecular weight is 519 g/mol. The SMILES string of the molecule is Cc1ccc2nc(N3CCCC(C)C3)c(C=C3SC(=S)N(C4CCS(=O)(=O)C4)C3=O)c(=O)n2c1. The summed E-state index contributed by atoms with van der Waals surface area (Å²) in [4.78, 5) is 35.6. The first-order valence-electron chi connectivity index (χ1n) is 11.4. The van der Waals surface area contributed by atoms with Gasteiger partial charge in [0.15, 0.2) is 9.84 Å². The van der Waals surface area contributed by atoms with Crippen molar-refractivity contribution in [2.24, 2.45) is 5.92 Å². The first-order valence-corrected chi connectivity index (χ1v) is 14.4. The number of amides is 1. The monoisotopic (exact) mass is 518 g/mol. The number of carbonyl (C=O) groups is 1. The van der Waals surface area contributed by atoms with E-state index in [0.29, 0.717) is 38.6 Å². The molecule has 2 aromatic rings. The number of hydrogen-bond acceptors (Lipinski definition) is 8. The van der Waals surface area contributed by atoms with E-state index in [1.807, 2.05) is 19.1 Å². The number of carbonyl (C=O) groups excluding carboxylic acids is 1. The van der Waals surface area contributed by atoms with Crippen molar-refractivity contribution in [2.45, 2.75) is 39.2 Å². The summed E-state index contributed by atoms with van der Waals surface area (Å²) in [5.41, 5.74) is 1.60. The summed E-state index contributed by atoms with van der Waals surface area (Å²) in [7, 11) is -3.17. The van der Waals surface area contributed by atoms with Crippen LogP contribution in [0.1, 0.15) is 37.3 Å². The fraction of sp³-hybridized carbons (Fsp3) is 0.478. The third kappa shape index (κ3) is 4.29. The Morgan fingerprint density at radius 2 is 2.03 bits per heavy atom. The maximum Gasteiger partial charge on any atom is 0.267 e. The van der Waals surface area contributed by atoms with E-state index in [2.05, 4.69) is 11.8 Å². The van der Waals surface area contributed by atoms with Crippen LogP contribution in [0.15, 0.2) is 28.0 Å². The van der Waals surface area contributed by atoms with Gasteiger partial charge in [-0.15, -0.1) is 0 Å². The summed E-state index contributed by atoms with van der Waals surface area (Å²) in [6.07, 6.45) is 5.85. The molecular weight excluding hydrogens is 492 g/mol. The second-order valence-electron chi connectivity index (χ2n) is 9.39. The van der Waals surface area contributed by atoms with Gasteiger partial charge in [0, 0.05) is 19.3 Å². The molecule has 180 valence electrons. The summed E-state index contributed by atoms with van der Waals surface area (Å²) in [6, 6.07) is 3.30. The van der Waals surface area contributed by atoms with Crippen molar-refractivity contribution in [3.63, 3.8) is 0 Å². The fourth-order valence-electron chi connectivity index (χ4n) is 4.90. The lowest BCUT2D eigenvalue weighted by Gasteiger charge is -2.32. The molecule has 0 N–H and O–H groups in total. The van der Waals surface area contributed by atoms with Gasteiger partial charge in [0.1, 0.15) is 15.8 Å². The normalized spacial score (nSPS) is 26.2. The zero-order chi connectivity index (χ0) is 24.2. The Balaban J connectivity index is 1.60. The van der Waals surface area contributed by atoms with Gasteiger partial charge in [-0.05, 0) is 49.8 Å². The molecule has 5 rings (SSSR count). The Kier molecular flexibility index (Phi) is 6.06. The quantitative estimate of drug-likeness (QED) is 0.452. The average Bonchev–Trinajstić information content (AvgIpc) is 3.27. The number of hydrogen-bond donors (Lipinski definition) is 0. The van der Waals surface area contributed by atoms with Gasteiger partial charge in [0.25, 0.3) is 11.5 Å². The minimum Gasteiger partial charge on any atom is -0.356 e. The van der Waals surface area contributed by atoms with Gasteiger partial charge in [-0.25, -0.2) is 13.4 Å². The highest BCUT2D eigenvalue weighted by molar-refractivity contribution is 8.26. The van der Waals surface area contributed by atoms with E-state index in [0.717, 1.165) is 43.3 Å². The van der Waals surface area contributed by atoms with E-state index in [4.69, 9.17) is 17.2 Å². The molecule has 8 nitrogen and oxygen atoms in total. The van der Waals surface area contributed by atoms with Crippen LogP contribution < -0.4 is 10.5 Å². The minimum absolute atomic E-state index is 0.0559. The zero-order valence-electron chi connectivity index (χ0n) is 19.1. The number of piperidine rings is 1. The van der Waals surface area contributed by atoms with Crippen LogP contribution in [0.5, 0.6) is 0 Å². The lowest BCUT2D eigenvalue weighted by Crippen LogP contribution is -2.39. The van der Waals surface area contributed by atoms with Crippen LogP contribution >= 0.6 is 24.0 Å². The largest absolute Gasteiger partial charge is 0.356 e. The van der Waals surface area contributed by atoms with Crippen LogP contribution in [0.2, 0.25) is 0 Å². The minimum atomic E-state index is -3.17. The number of nitrogens with zero attached hydrogens (tertiary/aromatic N) is 4. The summed E-state index contributed by atoms with van der Waals surface area (Å²) < 4.78 is 25.8. The summed E-state index contributed by atoms with van der Waals surface area (Å²) in [5.74, 6) is 0.684. The molecule has 3 saturated heterocycles. The second-order valence-corrected chi connectivity index (χ2v) is 13.3. The van der Waals surface area contributed by atoms with Crippen molar-refractivity contribution in [3.8, 4) is 0 Å². The Labute approximate surface area is 207 Å². The third-order valence-corrected chi connectivity index (χ3v) is 9.70. The second kappa shape index (κ2) is 8.76. The summed E-state index contributed by atoms with van der Waals surface area (Å²) in [6.45, 7) is 5.67. The van der Waals surface area contributed by atoms with Crippen LogP contribution in [0.4, 0.5) is 5.82 Å². The van der Waals surface area contributed by atoms with Crippen molar-refractivity contribution in [3.05, 3.63) is 44.7 Å². The van der Waals surface area contributed by atoms with Gasteiger partial charge in [0.05, 0.1) is 28.0 Å². The molecule has 0 aromatic carbocycles. The molecule has 3 fully saturated rings. The number of anilines is 1. The van der Waals surface area contributed by atoms with Gasteiger partial charge in [-0.1, -0.05) is 37.0 Å². The Morgan fingerprint density at radius 1 is 1.24 bits per heavy atom. The van der Waals surface area contributed by atoms with Crippen molar-refractivity contribution in [2.75, 3.05) is 29.5 Å². The molecule has 0 radical (unpaired) electrons. The molecule has 5 heterocycles. The Bertz CT molecular complexity index is 1400. The third-order valence-electron chi connectivity index (χ3n) is 6.61. The van der Waals surface area contributed by atoms with E-state index in [-0.39, 0.29) is 23.0 Å². The molecule has 1 amide bonds. The lowest BCUT2D eigenvalue weighted by atomic mass is 10.00. The standard InChI is InChI=1S/C23H26N4O4S3/c1-14-4-3-8-25(11-14)20-17(21(28)26-12-15(2)5-6-19(26)24-20)10-18-22(29)27(23(32)33-18)16-7-9-34(30,31)13-16/h5-6,10,12,14,16H,3-4,7-9,11,13H2,1-2H3.